The van der Waals surface area contributed by atoms with Crippen LogP contribution in [0, 0.1) is 0 Å². The first-order valence-corrected chi connectivity index (χ1v) is 3.98. The first kappa shape index (κ1) is 6.58. The zero-order chi connectivity index (χ0) is 7.52. The predicted molar refractivity (Wildman–Crippen MR) is 43.5 cm³/mol. The predicted octanol–water partition coefficient (Wildman–Crippen LogP) is 1.08. The van der Waals surface area contributed by atoms with E-state index in [0.717, 1.165) is 18.9 Å². The highest BCUT2D eigenvalue weighted by Gasteiger charge is 2.11. The summed E-state index contributed by atoms with van der Waals surface area (Å²) < 4.78 is 0. The molecule has 0 radical (unpaired) electrons. The van der Waals surface area contributed by atoms with Crippen LogP contribution in [-0.2, 0) is 0 Å². The van der Waals surface area contributed by atoms with Crippen molar-refractivity contribution in [2.45, 2.75) is 12.8 Å². The third-order valence-electron chi connectivity index (χ3n) is 2.00. The van der Waals surface area contributed by atoms with Crippen molar-refractivity contribution in [3.05, 3.63) is 18.6 Å². The molecule has 0 amide bonds. The molecule has 0 atom stereocenters. The Morgan fingerprint density at radius 2 is 2.09 bits per heavy atom. The average molecular weight is 149 g/mol. The van der Waals surface area contributed by atoms with E-state index >= 15 is 0 Å². The Balaban J connectivity index is 2.16. The molecule has 0 bridgehead atoms. The summed E-state index contributed by atoms with van der Waals surface area (Å²) in [6, 6.07) is 1.96. The van der Waals surface area contributed by atoms with Gasteiger partial charge in [-0.1, -0.05) is 0 Å². The zero-order valence-electron chi connectivity index (χ0n) is 6.40. The molecule has 3 nitrogen and oxygen atoms in total. The van der Waals surface area contributed by atoms with Gasteiger partial charge >= 0.3 is 0 Å². The number of nitrogens with zero attached hydrogens (tertiary/aromatic N) is 3. The molecule has 1 aliphatic heterocycles. The van der Waals surface area contributed by atoms with Gasteiger partial charge in [0.25, 0.3) is 0 Å². The molecule has 1 aliphatic rings. The second-order valence-corrected chi connectivity index (χ2v) is 2.76. The Morgan fingerprint density at radius 3 is 2.73 bits per heavy atom. The van der Waals surface area contributed by atoms with Gasteiger partial charge in [0, 0.05) is 19.3 Å². The quantitative estimate of drug-likeness (QED) is 0.598. The minimum atomic E-state index is 1.07. The van der Waals surface area contributed by atoms with E-state index in [1.807, 2.05) is 6.07 Å². The molecule has 0 spiro atoms. The van der Waals surface area contributed by atoms with E-state index in [4.69, 9.17) is 0 Å². The van der Waals surface area contributed by atoms with Gasteiger partial charge in [0.2, 0.25) is 0 Å². The fraction of sp³-hybridized carbons (Fsp3) is 0.500. The Bertz CT molecular complexity index is 216. The lowest BCUT2D eigenvalue weighted by Gasteiger charge is -2.14. The fourth-order valence-electron chi connectivity index (χ4n) is 1.42. The van der Waals surface area contributed by atoms with Crippen molar-refractivity contribution in [1.29, 1.82) is 0 Å². The van der Waals surface area contributed by atoms with Crippen LogP contribution >= 0.6 is 0 Å². The topological polar surface area (TPSA) is 29.0 Å². The molecule has 1 aromatic rings. The van der Waals surface area contributed by atoms with Gasteiger partial charge in [-0.2, -0.15) is 0 Å². The van der Waals surface area contributed by atoms with Gasteiger partial charge in [-0.25, -0.2) is 9.97 Å². The summed E-state index contributed by atoms with van der Waals surface area (Å²) >= 11 is 0. The Kier molecular flexibility index (Phi) is 1.71. The number of aromatic nitrogens is 2. The normalized spacial score (nSPS) is 17.3. The number of hydrogen-bond donors (Lipinski definition) is 0. The van der Waals surface area contributed by atoms with Crippen molar-refractivity contribution in [3.63, 3.8) is 0 Å². The average Bonchev–Trinajstić information content (AvgIpc) is 2.58. The largest absolute Gasteiger partial charge is 0.357 e. The summed E-state index contributed by atoms with van der Waals surface area (Å²) in [7, 11) is 0. The second-order valence-electron chi connectivity index (χ2n) is 2.76. The molecule has 0 saturated carbocycles. The molecule has 11 heavy (non-hydrogen) atoms. The molecule has 1 saturated heterocycles. The number of rotatable bonds is 1. The smallest absolute Gasteiger partial charge is 0.131 e. The Hall–Kier alpha value is -1.12. The first-order chi connectivity index (χ1) is 5.47. The molecule has 1 aromatic heterocycles. The van der Waals surface area contributed by atoms with Gasteiger partial charge in [-0.3, -0.25) is 0 Å². The minimum Gasteiger partial charge on any atom is -0.357 e. The van der Waals surface area contributed by atoms with Crippen LogP contribution in [0.3, 0.4) is 0 Å². The van der Waals surface area contributed by atoms with E-state index in [-0.39, 0.29) is 0 Å². The summed E-state index contributed by atoms with van der Waals surface area (Å²) in [6.45, 7) is 2.30. The fourth-order valence-corrected chi connectivity index (χ4v) is 1.42. The zero-order valence-corrected chi connectivity index (χ0v) is 6.40. The van der Waals surface area contributed by atoms with Gasteiger partial charge in [0.1, 0.15) is 12.1 Å². The summed E-state index contributed by atoms with van der Waals surface area (Å²) in [5, 5.41) is 0. The van der Waals surface area contributed by atoms with Gasteiger partial charge in [0.05, 0.1) is 0 Å². The van der Waals surface area contributed by atoms with Crippen LogP contribution < -0.4 is 4.90 Å². The lowest BCUT2D eigenvalue weighted by Crippen LogP contribution is -2.18. The third-order valence-corrected chi connectivity index (χ3v) is 2.00. The van der Waals surface area contributed by atoms with Gasteiger partial charge in [-0.15, -0.1) is 0 Å². The molecule has 1 fully saturated rings. The van der Waals surface area contributed by atoms with Crippen LogP contribution in [0.5, 0.6) is 0 Å². The lowest BCUT2D eigenvalue weighted by atomic mass is 10.4. The van der Waals surface area contributed by atoms with Crippen molar-refractivity contribution in [3.8, 4) is 0 Å². The Morgan fingerprint density at radius 1 is 1.27 bits per heavy atom. The number of anilines is 1. The molecule has 58 valence electrons. The summed E-state index contributed by atoms with van der Waals surface area (Å²) in [6.07, 6.45) is 5.99. The minimum absolute atomic E-state index is 1.07. The standard InChI is InChI=1S/C8H11N3/c1-2-6-11(5-1)8-3-4-9-7-10-8/h3-4,7H,1-2,5-6H2. The maximum atomic E-state index is 4.18. The maximum Gasteiger partial charge on any atom is 0.131 e. The van der Waals surface area contributed by atoms with Crippen LogP contribution in [0.2, 0.25) is 0 Å². The lowest BCUT2D eigenvalue weighted by molar-refractivity contribution is 0.927. The molecular weight excluding hydrogens is 138 g/mol. The van der Waals surface area contributed by atoms with Crippen molar-refractivity contribution >= 4 is 5.82 Å². The highest BCUT2D eigenvalue weighted by molar-refractivity contribution is 5.37. The molecule has 0 aromatic carbocycles. The summed E-state index contributed by atoms with van der Waals surface area (Å²) in [5.74, 6) is 1.07. The van der Waals surface area contributed by atoms with Crippen LogP contribution in [0.25, 0.3) is 0 Å². The van der Waals surface area contributed by atoms with Gasteiger partial charge in [0.15, 0.2) is 0 Å². The molecule has 0 aliphatic carbocycles. The Labute approximate surface area is 66.1 Å². The summed E-state index contributed by atoms with van der Waals surface area (Å²) in [5.41, 5.74) is 0. The highest BCUT2D eigenvalue weighted by atomic mass is 15.2. The van der Waals surface area contributed by atoms with Gasteiger partial charge < -0.3 is 4.90 Å². The van der Waals surface area contributed by atoms with Crippen molar-refractivity contribution in [2.75, 3.05) is 18.0 Å². The van der Waals surface area contributed by atoms with E-state index in [0.29, 0.717) is 0 Å². The summed E-state index contributed by atoms with van der Waals surface area (Å²) in [4.78, 5) is 10.3. The molecule has 0 N–H and O–H groups in total. The van der Waals surface area contributed by atoms with Crippen molar-refractivity contribution in [2.24, 2.45) is 0 Å². The van der Waals surface area contributed by atoms with Gasteiger partial charge in [-0.05, 0) is 18.9 Å². The third kappa shape index (κ3) is 1.31. The van der Waals surface area contributed by atoms with Crippen molar-refractivity contribution < 1.29 is 0 Å². The SMILES string of the molecule is c1cc(N2CCCC2)ncn1. The van der Waals surface area contributed by atoms with Crippen LogP contribution in [-0.4, -0.2) is 23.1 Å². The van der Waals surface area contributed by atoms with Crippen LogP contribution in [0.4, 0.5) is 5.82 Å². The van der Waals surface area contributed by atoms with E-state index in [9.17, 15) is 0 Å². The number of hydrogen-bond acceptors (Lipinski definition) is 3. The maximum absolute atomic E-state index is 4.18. The molecular formula is C8H11N3. The van der Waals surface area contributed by atoms with Crippen LogP contribution in [0.1, 0.15) is 12.8 Å². The first-order valence-electron chi connectivity index (χ1n) is 3.98. The molecule has 0 unspecified atom stereocenters. The van der Waals surface area contributed by atoms with E-state index in [1.165, 1.54) is 12.8 Å². The second kappa shape index (κ2) is 2.86. The van der Waals surface area contributed by atoms with Crippen LogP contribution in [0.15, 0.2) is 18.6 Å². The van der Waals surface area contributed by atoms with E-state index in [2.05, 4.69) is 14.9 Å². The monoisotopic (exact) mass is 149 g/mol. The highest BCUT2D eigenvalue weighted by Crippen LogP contribution is 2.15. The molecule has 2 heterocycles. The molecule has 3 heteroatoms. The van der Waals surface area contributed by atoms with E-state index in [1.54, 1.807) is 12.5 Å². The molecule has 2 rings (SSSR count). The van der Waals surface area contributed by atoms with Crippen molar-refractivity contribution in [1.82, 2.24) is 9.97 Å². The van der Waals surface area contributed by atoms with E-state index < -0.39 is 0 Å².